The first kappa shape index (κ1) is 9.43. The van der Waals surface area contributed by atoms with Gasteiger partial charge in [0.2, 0.25) is 0 Å². The van der Waals surface area contributed by atoms with Crippen molar-refractivity contribution in [1.29, 1.82) is 0 Å². The lowest BCUT2D eigenvalue weighted by Gasteiger charge is -1.94. The molecule has 0 bridgehead atoms. The lowest BCUT2D eigenvalue weighted by atomic mass is 10.3. The van der Waals surface area contributed by atoms with Gasteiger partial charge >= 0.3 is 0 Å². The molecule has 1 aromatic heterocycles. The zero-order valence-electron chi connectivity index (χ0n) is 7.65. The second kappa shape index (κ2) is 3.94. The van der Waals surface area contributed by atoms with Gasteiger partial charge < -0.3 is 5.73 Å². The molecule has 0 radical (unpaired) electrons. The second-order valence-electron chi connectivity index (χ2n) is 3.07. The van der Waals surface area contributed by atoms with Crippen LogP contribution in [0.25, 0.3) is 11.0 Å². The third-order valence-corrected chi connectivity index (χ3v) is 2.18. The molecule has 0 aliphatic carbocycles. The fourth-order valence-corrected chi connectivity index (χ4v) is 1.43. The van der Waals surface area contributed by atoms with Crippen LogP contribution in [0.4, 0.5) is 0 Å². The minimum Gasteiger partial charge on any atom is -0.330 e. The summed E-state index contributed by atoms with van der Waals surface area (Å²) in [6.07, 6.45) is 0.884. The van der Waals surface area contributed by atoms with E-state index in [1.165, 1.54) is 0 Å². The largest absolute Gasteiger partial charge is 0.330 e. The lowest BCUT2D eigenvalue weighted by Crippen LogP contribution is -2.07. The SMILES string of the molecule is NCCCn1nc2ccc(Cl)cc2n1. The van der Waals surface area contributed by atoms with Crippen molar-refractivity contribution in [2.75, 3.05) is 6.54 Å². The third-order valence-electron chi connectivity index (χ3n) is 1.95. The smallest absolute Gasteiger partial charge is 0.114 e. The second-order valence-corrected chi connectivity index (χ2v) is 3.51. The van der Waals surface area contributed by atoms with Crippen molar-refractivity contribution in [3.8, 4) is 0 Å². The van der Waals surface area contributed by atoms with E-state index in [0.717, 1.165) is 24.0 Å². The Kier molecular flexibility index (Phi) is 2.65. The predicted octanol–water partition coefficient (Wildman–Crippen LogP) is 1.43. The van der Waals surface area contributed by atoms with Crippen LogP contribution in [0.5, 0.6) is 0 Å². The Morgan fingerprint density at radius 1 is 1.29 bits per heavy atom. The summed E-state index contributed by atoms with van der Waals surface area (Å²) in [5, 5.41) is 9.24. The van der Waals surface area contributed by atoms with E-state index in [2.05, 4.69) is 10.2 Å². The molecule has 14 heavy (non-hydrogen) atoms. The van der Waals surface area contributed by atoms with E-state index >= 15 is 0 Å². The number of fused-ring (bicyclic) bond motifs is 1. The highest BCUT2D eigenvalue weighted by Gasteiger charge is 2.01. The zero-order chi connectivity index (χ0) is 9.97. The molecule has 0 atom stereocenters. The predicted molar refractivity (Wildman–Crippen MR) is 56.2 cm³/mol. The number of hydrogen-bond acceptors (Lipinski definition) is 3. The van der Waals surface area contributed by atoms with Crippen molar-refractivity contribution in [3.05, 3.63) is 23.2 Å². The van der Waals surface area contributed by atoms with Crippen molar-refractivity contribution in [3.63, 3.8) is 0 Å². The minimum atomic E-state index is 0.651. The number of benzene rings is 1. The van der Waals surface area contributed by atoms with Gasteiger partial charge in [0.25, 0.3) is 0 Å². The standard InChI is InChI=1S/C9H11ClN4/c10-7-2-3-8-9(6-7)13-14(12-8)5-1-4-11/h2-3,6H,1,4-5,11H2. The topological polar surface area (TPSA) is 56.7 Å². The first-order valence-corrected chi connectivity index (χ1v) is 4.88. The van der Waals surface area contributed by atoms with Crippen LogP contribution in [0, 0.1) is 0 Å². The van der Waals surface area contributed by atoms with Gasteiger partial charge in [0.1, 0.15) is 11.0 Å². The van der Waals surface area contributed by atoms with E-state index < -0.39 is 0 Å². The first-order chi connectivity index (χ1) is 6.79. The molecule has 0 saturated heterocycles. The van der Waals surface area contributed by atoms with Crippen LogP contribution < -0.4 is 5.73 Å². The molecule has 2 aromatic rings. The lowest BCUT2D eigenvalue weighted by molar-refractivity contribution is 0.523. The average Bonchev–Trinajstić information content (AvgIpc) is 2.56. The molecule has 2 rings (SSSR count). The van der Waals surface area contributed by atoms with Gasteiger partial charge in [-0.05, 0) is 31.2 Å². The number of hydrogen-bond donors (Lipinski definition) is 1. The summed E-state index contributed by atoms with van der Waals surface area (Å²) in [5.41, 5.74) is 7.10. The van der Waals surface area contributed by atoms with Crippen LogP contribution in [0.3, 0.4) is 0 Å². The quantitative estimate of drug-likeness (QED) is 0.834. The Labute approximate surface area is 86.6 Å². The van der Waals surface area contributed by atoms with Crippen LogP contribution in [0.1, 0.15) is 6.42 Å². The van der Waals surface area contributed by atoms with Crippen molar-refractivity contribution in [1.82, 2.24) is 15.0 Å². The van der Waals surface area contributed by atoms with Gasteiger partial charge in [0.05, 0.1) is 6.54 Å². The first-order valence-electron chi connectivity index (χ1n) is 4.50. The van der Waals surface area contributed by atoms with Crippen LogP contribution in [-0.2, 0) is 6.54 Å². The van der Waals surface area contributed by atoms with Crippen molar-refractivity contribution in [2.24, 2.45) is 5.73 Å². The molecule has 5 heteroatoms. The number of aromatic nitrogens is 3. The van der Waals surface area contributed by atoms with Crippen molar-refractivity contribution < 1.29 is 0 Å². The molecule has 2 N–H and O–H groups in total. The Bertz CT molecular complexity index is 437. The number of halogens is 1. The molecule has 4 nitrogen and oxygen atoms in total. The van der Waals surface area contributed by atoms with Gasteiger partial charge in [0.15, 0.2) is 0 Å². The molecule has 0 amide bonds. The molecule has 0 aliphatic rings. The van der Waals surface area contributed by atoms with Crippen LogP contribution in [0.2, 0.25) is 5.02 Å². The van der Waals surface area contributed by atoms with Crippen molar-refractivity contribution in [2.45, 2.75) is 13.0 Å². The van der Waals surface area contributed by atoms with Gasteiger partial charge in [-0.3, -0.25) is 0 Å². The number of nitrogens with two attached hydrogens (primary N) is 1. The van der Waals surface area contributed by atoms with Gasteiger partial charge in [0, 0.05) is 5.02 Å². The van der Waals surface area contributed by atoms with E-state index in [1.807, 2.05) is 18.2 Å². The maximum absolute atomic E-state index is 5.84. The molecule has 74 valence electrons. The Hall–Kier alpha value is -1.13. The number of nitrogens with zero attached hydrogens (tertiary/aromatic N) is 3. The highest BCUT2D eigenvalue weighted by molar-refractivity contribution is 6.31. The van der Waals surface area contributed by atoms with Gasteiger partial charge in [-0.1, -0.05) is 11.6 Å². The number of rotatable bonds is 3. The molecule has 0 fully saturated rings. The van der Waals surface area contributed by atoms with Crippen LogP contribution in [-0.4, -0.2) is 21.5 Å². The summed E-state index contributed by atoms with van der Waals surface area (Å²) in [6.45, 7) is 1.40. The third kappa shape index (κ3) is 1.86. The van der Waals surface area contributed by atoms with E-state index in [9.17, 15) is 0 Å². The minimum absolute atomic E-state index is 0.651. The summed E-state index contributed by atoms with van der Waals surface area (Å²) < 4.78 is 0. The maximum Gasteiger partial charge on any atom is 0.114 e. The summed E-state index contributed by atoms with van der Waals surface area (Å²) in [5.74, 6) is 0. The fraction of sp³-hybridized carbons (Fsp3) is 0.333. The van der Waals surface area contributed by atoms with E-state index in [4.69, 9.17) is 17.3 Å². The summed E-state index contributed by atoms with van der Waals surface area (Å²) in [6, 6.07) is 5.48. The van der Waals surface area contributed by atoms with Crippen LogP contribution >= 0.6 is 11.6 Å². The van der Waals surface area contributed by atoms with Gasteiger partial charge in [-0.15, -0.1) is 0 Å². The molecule has 1 aromatic carbocycles. The molecular weight excluding hydrogens is 200 g/mol. The molecule has 0 aliphatic heterocycles. The van der Waals surface area contributed by atoms with Crippen LogP contribution in [0.15, 0.2) is 18.2 Å². The zero-order valence-corrected chi connectivity index (χ0v) is 8.41. The van der Waals surface area contributed by atoms with E-state index in [0.29, 0.717) is 11.6 Å². The Balaban J connectivity index is 2.32. The molecular formula is C9H11ClN4. The Morgan fingerprint density at radius 2 is 2.07 bits per heavy atom. The monoisotopic (exact) mass is 210 g/mol. The summed E-state index contributed by atoms with van der Waals surface area (Å²) in [7, 11) is 0. The van der Waals surface area contributed by atoms with Gasteiger partial charge in [-0.2, -0.15) is 15.0 Å². The molecule has 0 saturated carbocycles. The average molecular weight is 211 g/mol. The Morgan fingerprint density at radius 3 is 2.86 bits per heavy atom. The highest BCUT2D eigenvalue weighted by atomic mass is 35.5. The van der Waals surface area contributed by atoms with E-state index in [-0.39, 0.29) is 0 Å². The van der Waals surface area contributed by atoms with Gasteiger partial charge in [-0.25, -0.2) is 0 Å². The number of aryl methyl sites for hydroxylation is 1. The normalized spacial score (nSPS) is 11.0. The summed E-state index contributed by atoms with van der Waals surface area (Å²) >= 11 is 5.84. The van der Waals surface area contributed by atoms with Crippen molar-refractivity contribution >= 4 is 22.6 Å². The summed E-state index contributed by atoms with van der Waals surface area (Å²) in [4.78, 5) is 1.66. The molecule has 0 spiro atoms. The molecule has 1 heterocycles. The fourth-order valence-electron chi connectivity index (χ4n) is 1.27. The van der Waals surface area contributed by atoms with E-state index in [1.54, 1.807) is 4.80 Å². The maximum atomic E-state index is 5.84. The highest BCUT2D eigenvalue weighted by Crippen LogP contribution is 2.15. The molecule has 0 unspecified atom stereocenters.